The van der Waals surface area contributed by atoms with Gasteiger partial charge in [-0.05, 0) is 25.0 Å². The molecule has 4 heteroatoms. The Morgan fingerprint density at radius 2 is 2.00 bits per heavy atom. The summed E-state index contributed by atoms with van der Waals surface area (Å²) in [5, 5.41) is 11.1. The molecule has 1 aromatic heterocycles. The molecule has 0 bridgehead atoms. The first-order chi connectivity index (χ1) is 10.6. The van der Waals surface area contributed by atoms with Gasteiger partial charge in [-0.1, -0.05) is 37.1 Å². The van der Waals surface area contributed by atoms with Crippen LogP contribution in [0.25, 0.3) is 10.9 Å². The Kier molecular flexibility index (Phi) is 4.39. The van der Waals surface area contributed by atoms with E-state index in [1.54, 1.807) is 18.0 Å². The van der Waals surface area contributed by atoms with Crippen molar-refractivity contribution in [2.24, 2.45) is 5.92 Å². The predicted molar refractivity (Wildman–Crippen MR) is 86.7 cm³/mol. The van der Waals surface area contributed by atoms with E-state index in [-0.39, 0.29) is 17.9 Å². The monoisotopic (exact) mass is 298 g/mol. The van der Waals surface area contributed by atoms with E-state index in [2.05, 4.69) is 4.98 Å². The summed E-state index contributed by atoms with van der Waals surface area (Å²) in [5.74, 6) is 0.103. The molecule has 1 fully saturated rings. The van der Waals surface area contributed by atoms with Crippen LogP contribution >= 0.6 is 0 Å². The molecule has 0 spiro atoms. The Morgan fingerprint density at radius 1 is 1.23 bits per heavy atom. The number of hydrogen-bond donors (Lipinski definition) is 1. The van der Waals surface area contributed by atoms with Crippen LogP contribution in [0.2, 0.25) is 0 Å². The highest BCUT2D eigenvalue weighted by Crippen LogP contribution is 2.25. The Hall–Kier alpha value is -1.94. The van der Waals surface area contributed by atoms with Crippen molar-refractivity contribution < 1.29 is 9.90 Å². The number of carbonyl (C=O) groups excluding carboxylic acids is 1. The van der Waals surface area contributed by atoms with Crippen molar-refractivity contribution in [1.82, 2.24) is 9.88 Å². The highest BCUT2D eigenvalue weighted by molar-refractivity contribution is 5.94. The largest absolute Gasteiger partial charge is 0.393 e. The number of hydrogen-bond acceptors (Lipinski definition) is 3. The van der Waals surface area contributed by atoms with Gasteiger partial charge in [0.15, 0.2) is 0 Å². The minimum Gasteiger partial charge on any atom is -0.393 e. The summed E-state index contributed by atoms with van der Waals surface area (Å²) < 4.78 is 0. The van der Waals surface area contributed by atoms with Crippen LogP contribution in [0.1, 0.15) is 36.2 Å². The average molecular weight is 298 g/mol. The molecule has 1 aliphatic rings. The molecule has 0 radical (unpaired) electrons. The number of aliphatic hydroxyl groups excluding tert-OH is 1. The third kappa shape index (κ3) is 3.12. The van der Waals surface area contributed by atoms with Crippen LogP contribution < -0.4 is 0 Å². The second-order valence-corrected chi connectivity index (χ2v) is 6.19. The predicted octanol–water partition coefficient (Wildman–Crippen LogP) is 2.86. The summed E-state index contributed by atoms with van der Waals surface area (Å²) in [4.78, 5) is 18.7. The van der Waals surface area contributed by atoms with E-state index in [0.717, 1.165) is 36.6 Å². The zero-order valence-corrected chi connectivity index (χ0v) is 12.9. The van der Waals surface area contributed by atoms with Crippen LogP contribution in [0.3, 0.4) is 0 Å². The van der Waals surface area contributed by atoms with E-state index >= 15 is 0 Å². The van der Waals surface area contributed by atoms with Crippen LogP contribution in [0, 0.1) is 5.92 Å². The molecule has 116 valence electrons. The Labute approximate surface area is 130 Å². The summed E-state index contributed by atoms with van der Waals surface area (Å²) in [6.45, 7) is 0.592. The van der Waals surface area contributed by atoms with Crippen molar-refractivity contribution in [3.05, 3.63) is 42.1 Å². The maximum absolute atomic E-state index is 12.6. The number of fused-ring (bicyclic) bond motifs is 1. The normalized spacial score (nSPS) is 21.7. The topological polar surface area (TPSA) is 53.4 Å². The summed E-state index contributed by atoms with van der Waals surface area (Å²) >= 11 is 0. The zero-order valence-electron chi connectivity index (χ0n) is 12.9. The number of aliphatic hydroxyl groups is 1. The van der Waals surface area contributed by atoms with Crippen molar-refractivity contribution in [3.8, 4) is 0 Å². The molecule has 1 amide bonds. The first-order valence-corrected chi connectivity index (χ1v) is 7.94. The van der Waals surface area contributed by atoms with Crippen LogP contribution in [-0.2, 0) is 0 Å². The molecule has 1 N–H and O–H groups in total. The lowest BCUT2D eigenvalue weighted by molar-refractivity contribution is 0.0449. The van der Waals surface area contributed by atoms with E-state index in [0.29, 0.717) is 12.2 Å². The van der Waals surface area contributed by atoms with Crippen molar-refractivity contribution in [2.75, 3.05) is 13.6 Å². The first kappa shape index (κ1) is 15.0. The minimum absolute atomic E-state index is 0.0801. The van der Waals surface area contributed by atoms with E-state index in [9.17, 15) is 9.90 Å². The molecular formula is C18H22N2O2. The van der Waals surface area contributed by atoms with E-state index in [1.807, 2.05) is 30.3 Å². The van der Waals surface area contributed by atoms with Gasteiger partial charge in [0.2, 0.25) is 0 Å². The van der Waals surface area contributed by atoms with Gasteiger partial charge in [-0.25, -0.2) is 4.98 Å². The smallest absolute Gasteiger partial charge is 0.272 e. The molecule has 2 atom stereocenters. The van der Waals surface area contributed by atoms with Crippen molar-refractivity contribution in [3.63, 3.8) is 0 Å². The summed E-state index contributed by atoms with van der Waals surface area (Å²) in [7, 11) is 1.79. The second-order valence-electron chi connectivity index (χ2n) is 6.19. The van der Waals surface area contributed by atoms with Crippen molar-refractivity contribution in [1.29, 1.82) is 0 Å². The molecular weight excluding hydrogens is 276 g/mol. The first-order valence-electron chi connectivity index (χ1n) is 7.94. The van der Waals surface area contributed by atoms with Gasteiger partial charge >= 0.3 is 0 Å². The summed E-state index contributed by atoms with van der Waals surface area (Å²) in [6, 6.07) is 11.5. The number of carbonyl (C=O) groups is 1. The minimum atomic E-state index is -0.284. The standard InChI is InChI=1S/C18H22N2O2/c1-20(12-14-7-3-5-9-17(14)21)18(22)16-11-10-13-6-2-4-8-15(13)19-16/h2,4,6,8,10-11,14,17,21H,3,5,7,9,12H2,1H3. The Morgan fingerprint density at radius 3 is 2.82 bits per heavy atom. The average Bonchev–Trinajstić information content (AvgIpc) is 2.55. The van der Waals surface area contributed by atoms with E-state index in [1.165, 1.54) is 0 Å². The molecule has 2 unspecified atom stereocenters. The van der Waals surface area contributed by atoms with Crippen LogP contribution in [0.15, 0.2) is 36.4 Å². The van der Waals surface area contributed by atoms with Gasteiger partial charge in [0, 0.05) is 24.9 Å². The molecule has 4 nitrogen and oxygen atoms in total. The molecule has 1 heterocycles. The van der Waals surface area contributed by atoms with Gasteiger partial charge in [-0.3, -0.25) is 4.79 Å². The number of amides is 1. The van der Waals surface area contributed by atoms with Gasteiger partial charge in [0.05, 0.1) is 11.6 Å². The SMILES string of the molecule is CN(CC1CCCCC1O)C(=O)c1ccc2ccccc2n1. The van der Waals surface area contributed by atoms with Crippen LogP contribution in [0.5, 0.6) is 0 Å². The molecule has 3 rings (SSSR count). The van der Waals surface area contributed by atoms with Gasteiger partial charge in [0.1, 0.15) is 5.69 Å². The van der Waals surface area contributed by atoms with E-state index < -0.39 is 0 Å². The Bertz CT molecular complexity index is 671. The quantitative estimate of drug-likeness (QED) is 0.948. The summed E-state index contributed by atoms with van der Waals surface area (Å²) in [5.41, 5.74) is 1.30. The third-order valence-corrected chi connectivity index (χ3v) is 4.54. The van der Waals surface area contributed by atoms with Gasteiger partial charge in [-0.2, -0.15) is 0 Å². The fourth-order valence-corrected chi connectivity index (χ4v) is 3.22. The van der Waals surface area contributed by atoms with Gasteiger partial charge < -0.3 is 10.0 Å². The maximum Gasteiger partial charge on any atom is 0.272 e. The molecule has 22 heavy (non-hydrogen) atoms. The van der Waals surface area contributed by atoms with Crippen molar-refractivity contribution >= 4 is 16.8 Å². The number of rotatable bonds is 3. The highest BCUT2D eigenvalue weighted by atomic mass is 16.3. The number of nitrogens with zero attached hydrogens (tertiary/aromatic N) is 2. The van der Waals surface area contributed by atoms with E-state index in [4.69, 9.17) is 0 Å². The molecule has 1 saturated carbocycles. The summed E-state index contributed by atoms with van der Waals surface area (Å²) in [6.07, 6.45) is 3.78. The van der Waals surface area contributed by atoms with Crippen LogP contribution in [0.4, 0.5) is 0 Å². The number of para-hydroxylation sites is 1. The fourth-order valence-electron chi connectivity index (χ4n) is 3.22. The second kappa shape index (κ2) is 6.44. The Balaban J connectivity index is 1.73. The molecule has 1 aliphatic carbocycles. The molecule has 1 aromatic carbocycles. The van der Waals surface area contributed by atoms with Gasteiger partial charge in [0.25, 0.3) is 5.91 Å². The molecule has 0 saturated heterocycles. The fraction of sp³-hybridized carbons (Fsp3) is 0.444. The lowest BCUT2D eigenvalue weighted by Crippen LogP contribution is -2.38. The number of pyridine rings is 1. The highest BCUT2D eigenvalue weighted by Gasteiger charge is 2.26. The van der Waals surface area contributed by atoms with Crippen molar-refractivity contribution in [2.45, 2.75) is 31.8 Å². The zero-order chi connectivity index (χ0) is 15.5. The molecule has 0 aliphatic heterocycles. The maximum atomic E-state index is 12.6. The lowest BCUT2D eigenvalue weighted by Gasteiger charge is -2.31. The van der Waals surface area contributed by atoms with Gasteiger partial charge in [-0.15, -0.1) is 0 Å². The molecule has 2 aromatic rings. The lowest BCUT2D eigenvalue weighted by atomic mass is 9.86. The third-order valence-electron chi connectivity index (χ3n) is 4.54. The van der Waals surface area contributed by atoms with Crippen LogP contribution in [-0.4, -0.2) is 40.6 Å². The number of aromatic nitrogens is 1. The number of benzene rings is 1.